The van der Waals surface area contributed by atoms with Crippen LogP contribution < -0.4 is 5.32 Å². The van der Waals surface area contributed by atoms with Crippen molar-refractivity contribution >= 4 is 11.6 Å². The van der Waals surface area contributed by atoms with Gasteiger partial charge in [-0.05, 0) is 25.3 Å². The highest BCUT2D eigenvalue weighted by Gasteiger charge is 2.30. The van der Waals surface area contributed by atoms with Crippen molar-refractivity contribution in [2.45, 2.75) is 32.2 Å². The van der Waals surface area contributed by atoms with Crippen LogP contribution in [-0.4, -0.2) is 28.6 Å². The second-order valence-corrected chi connectivity index (χ2v) is 5.18. The molecule has 108 valence electrons. The molecule has 1 saturated carbocycles. The molecular weight excluding hydrogens is 260 g/mol. The third-order valence-electron chi connectivity index (χ3n) is 3.88. The summed E-state index contributed by atoms with van der Waals surface area (Å²) >= 11 is 0. The molecule has 0 saturated heterocycles. The molecule has 0 spiro atoms. The number of rotatable bonds is 4. The number of benzene rings is 1. The second kappa shape index (κ2) is 6.00. The molecule has 2 unspecified atom stereocenters. The molecule has 0 radical (unpaired) electrons. The van der Waals surface area contributed by atoms with Gasteiger partial charge >= 0.3 is 0 Å². The maximum atomic E-state index is 12.3. The van der Waals surface area contributed by atoms with Crippen LogP contribution in [0.25, 0.3) is 0 Å². The number of carbonyl (C=O) groups is 1. The lowest BCUT2D eigenvalue weighted by Gasteiger charge is -2.19. The lowest BCUT2D eigenvalue weighted by molar-refractivity contribution is -0.385. The summed E-state index contributed by atoms with van der Waals surface area (Å²) in [4.78, 5) is 22.8. The van der Waals surface area contributed by atoms with Crippen molar-refractivity contribution in [2.75, 3.05) is 6.61 Å². The largest absolute Gasteiger partial charge is 0.396 e. The molecule has 6 heteroatoms. The molecule has 0 heterocycles. The van der Waals surface area contributed by atoms with Gasteiger partial charge in [-0.15, -0.1) is 0 Å². The molecule has 1 aliphatic rings. The Kier molecular flexibility index (Phi) is 4.34. The zero-order valence-corrected chi connectivity index (χ0v) is 11.3. The number of aryl methyl sites for hydroxylation is 1. The smallest absolute Gasteiger partial charge is 0.282 e. The minimum Gasteiger partial charge on any atom is -0.396 e. The molecule has 1 fully saturated rings. The van der Waals surface area contributed by atoms with Gasteiger partial charge in [0, 0.05) is 24.6 Å². The zero-order chi connectivity index (χ0) is 14.7. The maximum Gasteiger partial charge on any atom is 0.282 e. The van der Waals surface area contributed by atoms with Gasteiger partial charge in [0.05, 0.1) is 4.92 Å². The van der Waals surface area contributed by atoms with E-state index >= 15 is 0 Å². The van der Waals surface area contributed by atoms with E-state index in [2.05, 4.69) is 5.32 Å². The van der Waals surface area contributed by atoms with Crippen LogP contribution in [0.2, 0.25) is 0 Å². The van der Waals surface area contributed by atoms with Gasteiger partial charge in [-0.1, -0.05) is 18.6 Å². The van der Waals surface area contributed by atoms with Crippen molar-refractivity contribution < 1.29 is 14.8 Å². The van der Waals surface area contributed by atoms with Crippen LogP contribution >= 0.6 is 0 Å². The number of amides is 1. The van der Waals surface area contributed by atoms with Gasteiger partial charge in [-0.3, -0.25) is 14.9 Å². The number of carbonyl (C=O) groups excluding carboxylic acids is 1. The van der Waals surface area contributed by atoms with Crippen molar-refractivity contribution in [2.24, 2.45) is 5.92 Å². The van der Waals surface area contributed by atoms with Crippen molar-refractivity contribution in [3.8, 4) is 0 Å². The summed E-state index contributed by atoms with van der Waals surface area (Å²) < 4.78 is 0. The molecule has 2 rings (SSSR count). The fourth-order valence-corrected chi connectivity index (χ4v) is 2.79. The number of aliphatic hydroxyl groups excluding tert-OH is 1. The fourth-order valence-electron chi connectivity index (χ4n) is 2.79. The average molecular weight is 278 g/mol. The highest BCUT2D eigenvalue weighted by atomic mass is 16.6. The molecule has 6 nitrogen and oxygen atoms in total. The molecule has 2 N–H and O–H groups in total. The first-order chi connectivity index (χ1) is 9.54. The summed E-state index contributed by atoms with van der Waals surface area (Å²) in [5.41, 5.74) is 0.511. The standard InChI is InChI=1S/C14H18N2O4/c1-9-4-2-7-12(16(19)20)13(9)14(18)15-11-6-3-5-10(11)8-17/h2,4,7,10-11,17H,3,5-6,8H2,1H3,(H,15,18). The van der Waals surface area contributed by atoms with Crippen molar-refractivity contribution in [1.29, 1.82) is 0 Å². The van der Waals surface area contributed by atoms with Crippen LogP contribution in [0.3, 0.4) is 0 Å². The maximum absolute atomic E-state index is 12.3. The first-order valence-electron chi connectivity index (χ1n) is 6.70. The molecule has 0 aromatic heterocycles. The first-order valence-corrected chi connectivity index (χ1v) is 6.70. The number of aliphatic hydroxyl groups is 1. The monoisotopic (exact) mass is 278 g/mol. The average Bonchev–Trinajstić information content (AvgIpc) is 2.85. The van der Waals surface area contributed by atoms with Crippen LogP contribution in [0, 0.1) is 23.0 Å². The predicted molar refractivity (Wildman–Crippen MR) is 73.5 cm³/mol. The molecule has 1 aromatic carbocycles. The van der Waals surface area contributed by atoms with E-state index in [9.17, 15) is 20.0 Å². The van der Waals surface area contributed by atoms with E-state index in [1.807, 2.05) is 0 Å². The normalized spacial score (nSPS) is 21.7. The van der Waals surface area contributed by atoms with Gasteiger partial charge in [-0.2, -0.15) is 0 Å². The molecule has 1 amide bonds. The van der Waals surface area contributed by atoms with E-state index in [0.717, 1.165) is 19.3 Å². The summed E-state index contributed by atoms with van der Waals surface area (Å²) in [5, 5.41) is 23.1. The Morgan fingerprint density at radius 3 is 2.90 bits per heavy atom. The van der Waals surface area contributed by atoms with Gasteiger partial charge in [-0.25, -0.2) is 0 Å². The van der Waals surface area contributed by atoms with Crippen molar-refractivity contribution in [1.82, 2.24) is 5.32 Å². The van der Waals surface area contributed by atoms with Gasteiger partial charge in [0.2, 0.25) is 0 Å². The molecular formula is C14H18N2O4. The number of nitro groups is 1. The SMILES string of the molecule is Cc1cccc([N+](=O)[O-])c1C(=O)NC1CCCC1CO. The number of nitro benzene ring substituents is 1. The Morgan fingerprint density at radius 2 is 2.25 bits per heavy atom. The Balaban J connectivity index is 2.23. The summed E-state index contributed by atoms with van der Waals surface area (Å²) in [6.45, 7) is 1.71. The summed E-state index contributed by atoms with van der Waals surface area (Å²) in [7, 11) is 0. The van der Waals surface area contributed by atoms with Crippen LogP contribution in [0.1, 0.15) is 35.2 Å². The lowest BCUT2D eigenvalue weighted by Crippen LogP contribution is -2.39. The van der Waals surface area contributed by atoms with Crippen LogP contribution in [0.15, 0.2) is 18.2 Å². The molecule has 1 aliphatic carbocycles. The quantitative estimate of drug-likeness (QED) is 0.648. The third kappa shape index (κ3) is 2.80. The highest BCUT2D eigenvalue weighted by molar-refractivity contribution is 5.99. The topological polar surface area (TPSA) is 92.5 Å². The Bertz CT molecular complexity index is 530. The van der Waals surface area contributed by atoms with Gasteiger partial charge in [0.1, 0.15) is 5.56 Å². The predicted octanol–water partition coefficient (Wildman–Crippen LogP) is 1.79. The van der Waals surface area contributed by atoms with Crippen LogP contribution in [-0.2, 0) is 0 Å². The van der Waals surface area contributed by atoms with E-state index in [4.69, 9.17) is 0 Å². The Morgan fingerprint density at radius 1 is 1.50 bits per heavy atom. The lowest BCUT2D eigenvalue weighted by atomic mass is 10.0. The second-order valence-electron chi connectivity index (χ2n) is 5.18. The van der Waals surface area contributed by atoms with E-state index < -0.39 is 10.8 Å². The van der Waals surface area contributed by atoms with Crippen LogP contribution in [0.4, 0.5) is 5.69 Å². The summed E-state index contributed by atoms with van der Waals surface area (Å²) in [5.74, 6) is -0.387. The van der Waals surface area contributed by atoms with Gasteiger partial charge < -0.3 is 10.4 Å². The Labute approximate surface area is 117 Å². The molecule has 1 aromatic rings. The number of nitrogens with one attached hydrogen (secondary N) is 1. The zero-order valence-electron chi connectivity index (χ0n) is 11.3. The number of hydrogen-bond acceptors (Lipinski definition) is 4. The molecule has 20 heavy (non-hydrogen) atoms. The van der Waals surface area contributed by atoms with Gasteiger partial charge in [0.15, 0.2) is 0 Å². The fraction of sp³-hybridized carbons (Fsp3) is 0.500. The minimum atomic E-state index is -0.542. The highest BCUT2D eigenvalue weighted by Crippen LogP contribution is 2.27. The van der Waals surface area contributed by atoms with E-state index in [1.54, 1.807) is 19.1 Å². The first kappa shape index (κ1) is 14.5. The van der Waals surface area contributed by atoms with E-state index in [0.29, 0.717) is 5.56 Å². The van der Waals surface area contributed by atoms with E-state index in [-0.39, 0.29) is 29.8 Å². The van der Waals surface area contributed by atoms with Gasteiger partial charge in [0.25, 0.3) is 11.6 Å². The number of nitrogens with zero attached hydrogens (tertiary/aromatic N) is 1. The van der Waals surface area contributed by atoms with Crippen LogP contribution in [0.5, 0.6) is 0 Å². The van der Waals surface area contributed by atoms with Crippen molar-refractivity contribution in [3.63, 3.8) is 0 Å². The van der Waals surface area contributed by atoms with E-state index in [1.165, 1.54) is 6.07 Å². The molecule has 2 atom stereocenters. The summed E-state index contributed by atoms with van der Waals surface area (Å²) in [6.07, 6.45) is 2.62. The molecule has 0 bridgehead atoms. The minimum absolute atomic E-state index is 0.0286. The number of hydrogen-bond donors (Lipinski definition) is 2. The van der Waals surface area contributed by atoms with Crippen molar-refractivity contribution in [3.05, 3.63) is 39.4 Å². The summed E-state index contributed by atoms with van der Waals surface area (Å²) in [6, 6.07) is 4.47. The molecule has 0 aliphatic heterocycles. The Hall–Kier alpha value is -1.95. The third-order valence-corrected chi connectivity index (χ3v) is 3.88.